The Bertz CT molecular complexity index is 501. The van der Waals surface area contributed by atoms with Crippen LogP contribution in [0.3, 0.4) is 0 Å². The molecule has 6 heteroatoms. The predicted molar refractivity (Wildman–Crippen MR) is 77.8 cm³/mol. The molecule has 0 aliphatic carbocycles. The molecule has 21 heavy (non-hydrogen) atoms. The summed E-state index contributed by atoms with van der Waals surface area (Å²) in [6, 6.07) is 4.90. The zero-order chi connectivity index (χ0) is 15.8. The molecule has 1 rings (SSSR count). The molecule has 0 spiro atoms. The molecule has 116 valence electrons. The molecule has 0 heterocycles. The molecule has 0 saturated carbocycles. The Morgan fingerprint density at radius 1 is 1.14 bits per heavy atom. The Balaban J connectivity index is 2.84. The standard InChI is InChI=1S/C15H21NO5/c1-5-20-12-8-7-11(9-13(12)19-4)15(18)16(3)10-14(17)21-6-2/h7-9H,5-6,10H2,1-4H3. The summed E-state index contributed by atoms with van der Waals surface area (Å²) in [5.74, 6) is 0.326. The highest BCUT2D eigenvalue weighted by Gasteiger charge is 2.17. The van der Waals surface area contributed by atoms with Gasteiger partial charge in [-0.25, -0.2) is 0 Å². The van der Waals surface area contributed by atoms with Crippen LogP contribution < -0.4 is 9.47 Å². The fourth-order valence-corrected chi connectivity index (χ4v) is 1.77. The van der Waals surface area contributed by atoms with Crippen molar-refractivity contribution in [2.75, 3.05) is 33.9 Å². The van der Waals surface area contributed by atoms with Crippen LogP contribution in [-0.4, -0.2) is 50.7 Å². The summed E-state index contributed by atoms with van der Waals surface area (Å²) >= 11 is 0. The highest BCUT2D eigenvalue weighted by molar-refractivity contribution is 5.96. The zero-order valence-electron chi connectivity index (χ0n) is 12.8. The van der Waals surface area contributed by atoms with Crippen LogP contribution in [-0.2, 0) is 9.53 Å². The normalized spacial score (nSPS) is 9.90. The average Bonchev–Trinajstić information content (AvgIpc) is 2.47. The first-order valence-electron chi connectivity index (χ1n) is 6.75. The van der Waals surface area contributed by atoms with Crippen molar-refractivity contribution >= 4 is 11.9 Å². The minimum Gasteiger partial charge on any atom is -0.493 e. The Hall–Kier alpha value is -2.24. The van der Waals surface area contributed by atoms with E-state index >= 15 is 0 Å². The second kappa shape index (κ2) is 8.14. The molecule has 0 saturated heterocycles. The van der Waals surface area contributed by atoms with Crippen LogP contribution in [0.25, 0.3) is 0 Å². The van der Waals surface area contributed by atoms with Crippen molar-refractivity contribution < 1.29 is 23.8 Å². The van der Waals surface area contributed by atoms with Crippen LogP contribution >= 0.6 is 0 Å². The van der Waals surface area contributed by atoms with Crippen molar-refractivity contribution in [3.63, 3.8) is 0 Å². The first-order chi connectivity index (χ1) is 10.0. The third kappa shape index (κ3) is 4.66. The molecule has 0 N–H and O–H groups in total. The van der Waals surface area contributed by atoms with Crippen molar-refractivity contribution in [1.29, 1.82) is 0 Å². The van der Waals surface area contributed by atoms with Crippen molar-refractivity contribution in [3.8, 4) is 11.5 Å². The average molecular weight is 295 g/mol. The van der Waals surface area contributed by atoms with Gasteiger partial charge in [0.1, 0.15) is 6.54 Å². The minimum absolute atomic E-state index is 0.0950. The second-order valence-corrected chi connectivity index (χ2v) is 4.26. The Labute approximate surface area is 124 Å². The Morgan fingerprint density at radius 2 is 1.86 bits per heavy atom. The van der Waals surface area contributed by atoms with Gasteiger partial charge in [-0.05, 0) is 32.0 Å². The number of nitrogens with zero attached hydrogens (tertiary/aromatic N) is 1. The van der Waals surface area contributed by atoms with E-state index in [1.54, 1.807) is 32.2 Å². The van der Waals surface area contributed by atoms with Crippen molar-refractivity contribution in [1.82, 2.24) is 4.90 Å². The van der Waals surface area contributed by atoms with E-state index in [9.17, 15) is 9.59 Å². The molecule has 1 aromatic rings. The molecular formula is C15H21NO5. The molecule has 1 aromatic carbocycles. The first kappa shape index (κ1) is 16.8. The summed E-state index contributed by atoms with van der Waals surface area (Å²) < 4.78 is 15.4. The fourth-order valence-electron chi connectivity index (χ4n) is 1.77. The number of likely N-dealkylation sites (N-methyl/N-ethyl adjacent to an activating group) is 1. The van der Waals surface area contributed by atoms with Gasteiger partial charge in [0.15, 0.2) is 11.5 Å². The maximum absolute atomic E-state index is 12.2. The molecule has 0 aliphatic rings. The van der Waals surface area contributed by atoms with Gasteiger partial charge in [0.2, 0.25) is 0 Å². The third-order valence-corrected chi connectivity index (χ3v) is 2.73. The van der Waals surface area contributed by atoms with Crippen LogP contribution in [0.5, 0.6) is 11.5 Å². The van der Waals surface area contributed by atoms with Gasteiger partial charge < -0.3 is 19.1 Å². The number of esters is 1. The van der Waals surface area contributed by atoms with Gasteiger partial charge in [-0.1, -0.05) is 0 Å². The van der Waals surface area contributed by atoms with Crippen LogP contribution in [0.4, 0.5) is 0 Å². The van der Waals surface area contributed by atoms with E-state index in [0.29, 0.717) is 23.7 Å². The van der Waals surface area contributed by atoms with Crippen molar-refractivity contribution in [2.24, 2.45) is 0 Å². The van der Waals surface area contributed by atoms with E-state index in [4.69, 9.17) is 14.2 Å². The van der Waals surface area contributed by atoms with Gasteiger partial charge in [0.05, 0.1) is 20.3 Å². The topological polar surface area (TPSA) is 65.1 Å². The molecule has 0 atom stereocenters. The summed E-state index contributed by atoms with van der Waals surface area (Å²) in [4.78, 5) is 24.9. The summed E-state index contributed by atoms with van der Waals surface area (Å²) in [6.45, 7) is 4.29. The maximum Gasteiger partial charge on any atom is 0.325 e. The van der Waals surface area contributed by atoms with E-state index in [1.807, 2.05) is 6.92 Å². The SMILES string of the molecule is CCOC(=O)CN(C)C(=O)c1ccc(OCC)c(OC)c1. The number of hydrogen-bond donors (Lipinski definition) is 0. The predicted octanol–water partition coefficient (Wildman–Crippen LogP) is 1.73. The number of amides is 1. The number of rotatable bonds is 7. The first-order valence-corrected chi connectivity index (χ1v) is 6.75. The van der Waals surface area contributed by atoms with Crippen LogP contribution in [0.15, 0.2) is 18.2 Å². The van der Waals surface area contributed by atoms with Gasteiger partial charge in [-0.2, -0.15) is 0 Å². The number of ether oxygens (including phenoxy) is 3. The molecule has 0 aromatic heterocycles. The fraction of sp³-hybridized carbons (Fsp3) is 0.467. The number of carbonyl (C=O) groups is 2. The van der Waals surface area contributed by atoms with Gasteiger partial charge in [0, 0.05) is 12.6 Å². The number of methoxy groups -OCH3 is 1. The van der Waals surface area contributed by atoms with E-state index in [0.717, 1.165) is 0 Å². The Morgan fingerprint density at radius 3 is 2.43 bits per heavy atom. The van der Waals surface area contributed by atoms with Crippen molar-refractivity contribution in [2.45, 2.75) is 13.8 Å². The van der Waals surface area contributed by atoms with E-state index in [2.05, 4.69) is 0 Å². The molecule has 0 aliphatic heterocycles. The largest absolute Gasteiger partial charge is 0.493 e. The Kier molecular flexibility index (Phi) is 6.52. The van der Waals surface area contributed by atoms with Gasteiger partial charge in [-0.15, -0.1) is 0 Å². The third-order valence-electron chi connectivity index (χ3n) is 2.73. The molecule has 0 fully saturated rings. The van der Waals surface area contributed by atoms with Gasteiger partial charge in [-0.3, -0.25) is 9.59 Å². The zero-order valence-corrected chi connectivity index (χ0v) is 12.8. The number of carbonyl (C=O) groups excluding carboxylic acids is 2. The molecule has 0 unspecified atom stereocenters. The van der Waals surface area contributed by atoms with Gasteiger partial charge >= 0.3 is 5.97 Å². The van der Waals surface area contributed by atoms with Crippen LogP contribution in [0.1, 0.15) is 24.2 Å². The van der Waals surface area contributed by atoms with Crippen LogP contribution in [0.2, 0.25) is 0 Å². The molecule has 0 bridgehead atoms. The summed E-state index contributed by atoms with van der Waals surface area (Å²) in [7, 11) is 3.05. The quantitative estimate of drug-likeness (QED) is 0.717. The molecule has 6 nitrogen and oxygen atoms in total. The smallest absolute Gasteiger partial charge is 0.325 e. The van der Waals surface area contributed by atoms with E-state index < -0.39 is 5.97 Å². The lowest BCUT2D eigenvalue weighted by atomic mass is 10.1. The number of hydrogen-bond acceptors (Lipinski definition) is 5. The lowest BCUT2D eigenvalue weighted by molar-refractivity contribution is -0.143. The van der Waals surface area contributed by atoms with Crippen molar-refractivity contribution in [3.05, 3.63) is 23.8 Å². The highest BCUT2D eigenvalue weighted by atomic mass is 16.5. The lowest BCUT2D eigenvalue weighted by Crippen LogP contribution is -2.33. The molecule has 0 radical (unpaired) electrons. The van der Waals surface area contributed by atoms with Crippen LogP contribution in [0, 0.1) is 0 Å². The number of benzene rings is 1. The summed E-state index contributed by atoms with van der Waals surface area (Å²) in [6.07, 6.45) is 0. The summed E-state index contributed by atoms with van der Waals surface area (Å²) in [5.41, 5.74) is 0.419. The van der Waals surface area contributed by atoms with Gasteiger partial charge in [0.25, 0.3) is 5.91 Å². The lowest BCUT2D eigenvalue weighted by Gasteiger charge is -2.17. The summed E-state index contributed by atoms with van der Waals surface area (Å²) in [5, 5.41) is 0. The molecular weight excluding hydrogens is 274 g/mol. The monoisotopic (exact) mass is 295 g/mol. The van der Waals surface area contributed by atoms with E-state index in [1.165, 1.54) is 12.0 Å². The maximum atomic E-state index is 12.2. The van der Waals surface area contributed by atoms with E-state index in [-0.39, 0.29) is 19.1 Å². The highest BCUT2D eigenvalue weighted by Crippen LogP contribution is 2.28. The molecule has 1 amide bonds. The second-order valence-electron chi connectivity index (χ2n) is 4.26. The minimum atomic E-state index is -0.439.